The maximum absolute atomic E-state index is 6.41. The van der Waals surface area contributed by atoms with Crippen LogP contribution in [0.5, 0.6) is 0 Å². The van der Waals surface area contributed by atoms with E-state index in [0.29, 0.717) is 0 Å². The minimum absolute atomic E-state index is 1.21. The topological polar surface area (TPSA) is 0 Å². The third-order valence-corrected chi connectivity index (χ3v) is 12.2. The van der Waals surface area contributed by atoms with Crippen molar-refractivity contribution < 1.29 is 0 Å². The van der Waals surface area contributed by atoms with Gasteiger partial charge >= 0.3 is 81.4 Å². The zero-order valence-corrected chi connectivity index (χ0v) is 10.4. The average molecular weight is 285 g/mol. The van der Waals surface area contributed by atoms with Gasteiger partial charge in [0.2, 0.25) is 0 Å². The number of hydrogen-bond acceptors (Lipinski definition) is 0. The first-order valence-electron chi connectivity index (χ1n) is 3.74. The fourth-order valence-corrected chi connectivity index (χ4v) is 5.69. The quantitative estimate of drug-likeness (QED) is 0.749. The zero-order chi connectivity index (χ0) is 9.03. The Hall–Kier alpha value is -0.211. The zero-order valence-electron chi connectivity index (χ0n) is 6.83. The minimum atomic E-state index is -2.82. The average Bonchev–Trinajstić information content (AvgIpc) is 2.18. The van der Waals surface area contributed by atoms with Crippen LogP contribution in [-0.2, 0) is 0 Å². The summed E-state index contributed by atoms with van der Waals surface area (Å²) < 4.78 is 4.98. The van der Waals surface area contributed by atoms with Crippen molar-refractivity contribution in [3.63, 3.8) is 0 Å². The van der Waals surface area contributed by atoms with Gasteiger partial charge in [-0.05, 0) is 0 Å². The van der Waals surface area contributed by atoms with Gasteiger partial charge in [0.05, 0.1) is 0 Å². The molecule has 1 aromatic rings. The Balaban J connectivity index is 3.11. The van der Waals surface area contributed by atoms with Crippen LogP contribution >= 0.6 is 8.92 Å². The van der Waals surface area contributed by atoms with E-state index in [1.54, 1.807) is 0 Å². The van der Waals surface area contributed by atoms with Crippen LogP contribution in [0.1, 0.15) is 0 Å². The van der Waals surface area contributed by atoms with Crippen LogP contribution < -0.4 is 3.58 Å². The van der Waals surface area contributed by atoms with E-state index in [9.17, 15) is 0 Å². The van der Waals surface area contributed by atoms with E-state index in [-0.39, 0.29) is 0 Å². The van der Waals surface area contributed by atoms with Crippen LogP contribution in [0.2, 0.25) is 0 Å². The molecule has 0 saturated carbocycles. The van der Waals surface area contributed by atoms with Gasteiger partial charge in [-0.15, -0.1) is 0 Å². The van der Waals surface area contributed by atoms with Crippen molar-refractivity contribution >= 4 is 29.8 Å². The molecule has 0 atom stereocenters. The first-order chi connectivity index (χ1) is 5.73. The molecule has 0 aliphatic rings. The Morgan fingerprint density at radius 3 is 2.00 bits per heavy atom. The molecule has 0 unspecified atom stereocenters. The van der Waals surface area contributed by atoms with Crippen molar-refractivity contribution in [2.75, 3.05) is 0 Å². The van der Waals surface area contributed by atoms with E-state index < -0.39 is 17.3 Å². The third kappa shape index (κ3) is 1.93. The molecule has 0 aliphatic heterocycles. The Morgan fingerprint density at radius 2 is 1.58 bits per heavy atom. The predicted molar refractivity (Wildman–Crippen MR) is 58.1 cm³/mol. The molecule has 1 rings (SSSR count). The summed E-state index contributed by atoms with van der Waals surface area (Å²) >= 11 is -2.82. The molecule has 0 amide bonds. The molecule has 0 heterocycles. The molecule has 0 radical (unpaired) electrons. The molecule has 2 heteroatoms. The van der Waals surface area contributed by atoms with E-state index in [2.05, 4.69) is 13.2 Å². The molecule has 0 fully saturated rings. The molecule has 0 spiro atoms. The molecule has 0 N–H and O–H groups in total. The number of halogens is 1. The van der Waals surface area contributed by atoms with Gasteiger partial charge in [0.25, 0.3) is 0 Å². The molecule has 62 valence electrons. The van der Waals surface area contributed by atoms with Crippen molar-refractivity contribution in [3.8, 4) is 0 Å². The van der Waals surface area contributed by atoms with Gasteiger partial charge in [-0.1, -0.05) is 0 Å². The standard InChI is InChI=1S/C6H5.2C2H3.ClH.Sn/c1-2-4-6-5-3-1;2*1-2;;/h1-5H;2*1H,2H2;1H;/q;;;;+1/p-1. The molecule has 0 saturated heterocycles. The fourth-order valence-electron chi connectivity index (χ4n) is 1.01. The summed E-state index contributed by atoms with van der Waals surface area (Å²) in [6.45, 7) is 7.54. The van der Waals surface area contributed by atoms with Crippen LogP contribution in [0.25, 0.3) is 0 Å². The van der Waals surface area contributed by atoms with Gasteiger partial charge < -0.3 is 0 Å². The molecular formula is C10H11ClSn. The van der Waals surface area contributed by atoms with E-state index in [0.717, 1.165) is 0 Å². The van der Waals surface area contributed by atoms with Gasteiger partial charge in [0.15, 0.2) is 0 Å². The Morgan fingerprint density at radius 1 is 1.08 bits per heavy atom. The van der Waals surface area contributed by atoms with Gasteiger partial charge in [0.1, 0.15) is 0 Å². The van der Waals surface area contributed by atoms with Crippen LogP contribution in [0.15, 0.2) is 51.7 Å². The summed E-state index contributed by atoms with van der Waals surface area (Å²) in [5.74, 6) is 0. The number of rotatable bonds is 3. The molecule has 1 aromatic carbocycles. The van der Waals surface area contributed by atoms with E-state index in [1.807, 2.05) is 38.5 Å². The molecule has 0 aromatic heterocycles. The summed E-state index contributed by atoms with van der Waals surface area (Å²) in [5.41, 5.74) is 0. The van der Waals surface area contributed by atoms with Crippen LogP contribution in [0.4, 0.5) is 0 Å². The summed E-state index contributed by atoms with van der Waals surface area (Å²) in [4.78, 5) is 0. The van der Waals surface area contributed by atoms with E-state index >= 15 is 0 Å². The molecule has 0 bridgehead atoms. The van der Waals surface area contributed by atoms with Gasteiger partial charge in [-0.25, -0.2) is 0 Å². The van der Waals surface area contributed by atoms with E-state index in [1.165, 1.54) is 3.58 Å². The summed E-state index contributed by atoms with van der Waals surface area (Å²) in [5, 5.41) is 0. The second kappa shape index (κ2) is 4.15. The Bertz CT molecular complexity index is 271. The Labute approximate surface area is 81.2 Å². The SMILES string of the molecule is C=[CH][Sn]([Cl])([CH]=C)[c]1ccccc1. The number of benzene rings is 1. The predicted octanol–water partition coefficient (Wildman–Crippen LogP) is 2.53. The molecular weight excluding hydrogens is 274 g/mol. The van der Waals surface area contributed by atoms with Gasteiger partial charge in [-0.2, -0.15) is 0 Å². The second-order valence-electron chi connectivity index (χ2n) is 2.54. The molecule has 0 nitrogen and oxygen atoms in total. The third-order valence-electron chi connectivity index (χ3n) is 1.81. The van der Waals surface area contributed by atoms with Crippen molar-refractivity contribution in [3.05, 3.63) is 51.7 Å². The second-order valence-corrected chi connectivity index (χ2v) is 15.1. The summed E-state index contributed by atoms with van der Waals surface area (Å²) in [6.07, 6.45) is 0. The molecule has 12 heavy (non-hydrogen) atoms. The first kappa shape index (κ1) is 9.87. The van der Waals surface area contributed by atoms with Crippen molar-refractivity contribution in [2.45, 2.75) is 0 Å². The van der Waals surface area contributed by atoms with Gasteiger partial charge in [0, 0.05) is 0 Å². The van der Waals surface area contributed by atoms with Gasteiger partial charge in [-0.3, -0.25) is 0 Å². The Kier molecular flexibility index (Phi) is 3.41. The molecule has 0 aliphatic carbocycles. The summed E-state index contributed by atoms with van der Waals surface area (Å²) in [6, 6.07) is 10.1. The number of hydrogen-bond donors (Lipinski definition) is 0. The maximum atomic E-state index is 6.41. The fraction of sp³-hybridized carbons (Fsp3) is 0. The summed E-state index contributed by atoms with van der Waals surface area (Å²) in [7, 11) is 6.41. The van der Waals surface area contributed by atoms with Crippen LogP contribution in [0, 0.1) is 0 Å². The monoisotopic (exact) mass is 286 g/mol. The van der Waals surface area contributed by atoms with E-state index in [4.69, 9.17) is 8.92 Å². The van der Waals surface area contributed by atoms with Crippen molar-refractivity contribution in [2.24, 2.45) is 0 Å². The first-order valence-corrected chi connectivity index (χ1v) is 12.1. The van der Waals surface area contributed by atoms with Crippen LogP contribution in [-0.4, -0.2) is 17.3 Å². The van der Waals surface area contributed by atoms with Crippen molar-refractivity contribution in [1.29, 1.82) is 0 Å². The normalized spacial score (nSPS) is 10.8. The van der Waals surface area contributed by atoms with Crippen LogP contribution in [0.3, 0.4) is 0 Å². The van der Waals surface area contributed by atoms with Crippen molar-refractivity contribution in [1.82, 2.24) is 0 Å².